The highest BCUT2D eigenvalue weighted by atomic mass is 32.2. The second-order valence-corrected chi connectivity index (χ2v) is 8.83. The van der Waals surface area contributed by atoms with E-state index >= 15 is 0 Å². The molecule has 7 heteroatoms. The number of hydrogen-bond donors (Lipinski definition) is 1. The molecular weight excluding hydrogens is 314 g/mol. The van der Waals surface area contributed by atoms with Crippen LogP contribution in [0.3, 0.4) is 0 Å². The average molecular weight is 331 g/mol. The van der Waals surface area contributed by atoms with E-state index in [1.165, 1.54) is 19.1 Å². The van der Waals surface area contributed by atoms with Crippen LogP contribution in [0.5, 0.6) is 0 Å². The first-order valence-electron chi connectivity index (χ1n) is 6.29. The molecule has 1 unspecified atom stereocenters. The van der Waals surface area contributed by atoms with Crippen LogP contribution in [0.2, 0.25) is 0 Å². The van der Waals surface area contributed by atoms with E-state index in [0.29, 0.717) is 17.4 Å². The van der Waals surface area contributed by atoms with Crippen LogP contribution in [-0.4, -0.2) is 43.3 Å². The first-order chi connectivity index (χ1) is 9.49. The van der Waals surface area contributed by atoms with E-state index in [1.807, 2.05) is 23.5 Å². The van der Waals surface area contributed by atoms with Crippen LogP contribution in [0.15, 0.2) is 29.2 Å². The maximum atomic E-state index is 12.1. The molecule has 1 fully saturated rings. The summed E-state index contributed by atoms with van der Waals surface area (Å²) in [5, 5.41) is 0.333. The molecular formula is C13H17NO3S3. The highest BCUT2D eigenvalue weighted by Gasteiger charge is 2.19. The number of thioether (sulfide) groups is 2. The van der Waals surface area contributed by atoms with Crippen molar-refractivity contribution in [3.8, 4) is 0 Å². The van der Waals surface area contributed by atoms with E-state index in [4.69, 9.17) is 0 Å². The molecule has 4 nitrogen and oxygen atoms in total. The lowest BCUT2D eigenvalue weighted by Crippen LogP contribution is -2.33. The number of sulfonamides is 1. The van der Waals surface area contributed by atoms with Crippen molar-refractivity contribution in [3.63, 3.8) is 0 Å². The van der Waals surface area contributed by atoms with Gasteiger partial charge in [-0.1, -0.05) is 12.1 Å². The fraction of sp³-hybridized carbons (Fsp3) is 0.462. The van der Waals surface area contributed by atoms with Gasteiger partial charge in [0.15, 0.2) is 5.78 Å². The molecule has 1 N–H and O–H groups in total. The maximum absolute atomic E-state index is 12.1. The van der Waals surface area contributed by atoms with Gasteiger partial charge in [-0.25, -0.2) is 13.1 Å². The SMILES string of the molecule is CC(=O)c1ccc(S(=O)(=O)NCC2CSCCS2)cc1. The number of Topliss-reactive ketones (excluding diaryl/α,β-unsaturated/α-hetero) is 1. The van der Waals surface area contributed by atoms with E-state index in [0.717, 1.165) is 17.3 Å². The highest BCUT2D eigenvalue weighted by Crippen LogP contribution is 2.23. The summed E-state index contributed by atoms with van der Waals surface area (Å²) >= 11 is 3.67. The molecule has 0 saturated carbocycles. The molecule has 110 valence electrons. The molecule has 1 aliphatic rings. The third-order valence-electron chi connectivity index (χ3n) is 2.96. The molecule has 0 radical (unpaired) electrons. The van der Waals surface area contributed by atoms with Crippen LogP contribution in [0, 0.1) is 0 Å². The summed E-state index contributed by atoms with van der Waals surface area (Å²) in [5.41, 5.74) is 0.517. The Morgan fingerprint density at radius 1 is 1.30 bits per heavy atom. The van der Waals surface area contributed by atoms with Crippen LogP contribution in [-0.2, 0) is 10.0 Å². The minimum absolute atomic E-state index is 0.0717. The first kappa shape index (κ1) is 15.9. The van der Waals surface area contributed by atoms with Gasteiger partial charge in [0.25, 0.3) is 0 Å². The van der Waals surface area contributed by atoms with E-state index in [-0.39, 0.29) is 10.7 Å². The Bertz CT molecular complexity index is 563. The fourth-order valence-corrected chi connectivity index (χ4v) is 5.61. The van der Waals surface area contributed by atoms with Crippen molar-refractivity contribution in [1.82, 2.24) is 4.72 Å². The van der Waals surface area contributed by atoms with Gasteiger partial charge >= 0.3 is 0 Å². The quantitative estimate of drug-likeness (QED) is 0.836. The lowest BCUT2D eigenvalue weighted by molar-refractivity contribution is 0.101. The minimum atomic E-state index is -3.49. The molecule has 0 aromatic heterocycles. The molecule has 0 amide bonds. The maximum Gasteiger partial charge on any atom is 0.240 e. The Balaban J connectivity index is 2.00. The third-order valence-corrected chi connectivity index (χ3v) is 7.24. The van der Waals surface area contributed by atoms with Crippen molar-refractivity contribution >= 4 is 39.3 Å². The van der Waals surface area contributed by atoms with Crippen LogP contribution in [0.25, 0.3) is 0 Å². The third kappa shape index (κ3) is 4.25. The average Bonchev–Trinajstić information content (AvgIpc) is 2.46. The van der Waals surface area contributed by atoms with Gasteiger partial charge in [0.1, 0.15) is 0 Å². The van der Waals surface area contributed by atoms with Gasteiger partial charge < -0.3 is 0 Å². The molecule has 1 saturated heterocycles. The summed E-state index contributed by atoms with van der Waals surface area (Å²) in [7, 11) is -3.49. The number of nitrogens with one attached hydrogen (secondary N) is 1. The smallest absolute Gasteiger partial charge is 0.240 e. The summed E-state index contributed by atoms with van der Waals surface area (Å²) in [5.74, 6) is 3.12. The van der Waals surface area contributed by atoms with Crippen molar-refractivity contribution < 1.29 is 13.2 Å². The zero-order valence-corrected chi connectivity index (χ0v) is 13.6. The van der Waals surface area contributed by atoms with Gasteiger partial charge in [0, 0.05) is 34.6 Å². The topological polar surface area (TPSA) is 63.2 Å². The Hall–Kier alpha value is -0.500. The monoisotopic (exact) mass is 331 g/mol. The van der Waals surface area contributed by atoms with E-state index in [9.17, 15) is 13.2 Å². The fourth-order valence-electron chi connectivity index (χ4n) is 1.81. The molecule has 2 rings (SSSR count). The van der Waals surface area contributed by atoms with Gasteiger partial charge in [-0.3, -0.25) is 4.79 Å². The van der Waals surface area contributed by atoms with E-state index in [2.05, 4.69) is 4.72 Å². The lowest BCUT2D eigenvalue weighted by Gasteiger charge is -2.21. The number of carbonyl (C=O) groups is 1. The van der Waals surface area contributed by atoms with Gasteiger partial charge in [-0.2, -0.15) is 23.5 Å². The van der Waals surface area contributed by atoms with Crippen molar-refractivity contribution in [3.05, 3.63) is 29.8 Å². The summed E-state index contributed by atoms with van der Waals surface area (Å²) < 4.78 is 26.9. The predicted molar refractivity (Wildman–Crippen MR) is 85.2 cm³/mol. The van der Waals surface area contributed by atoms with Gasteiger partial charge in [-0.05, 0) is 19.1 Å². The van der Waals surface area contributed by atoms with Crippen LogP contribution >= 0.6 is 23.5 Å². The molecule has 0 bridgehead atoms. The van der Waals surface area contributed by atoms with Crippen LogP contribution < -0.4 is 4.72 Å². The van der Waals surface area contributed by atoms with Crippen molar-refractivity contribution in [1.29, 1.82) is 0 Å². The predicted octanol–water partition coefficient (Wildman–Crippen LogP) is 2.02. The Morgan fingerprint density at radius 2 is 2.00 bits per heavy atom. The van der Waals surface area contributed by atoms with Crippen LogP contribution in [0.1, 0.15) is 17.3 Å². The van der Waals surface area contributed by atoms with Gasteiger partial charge in [-0.15, -0.1) is 0 Å². The zero-order chi connectivity index (χ0) is 14.6. The molecule has 1 heterocycles. The molecule has 1 aromatic carbocycles. The lowest BCUT2D eigenvalue weighted by atomic mass is 10.2. The number of benzene rings is 1. The number of hydrogen-bond acceptors (Lipinski definition) is 5. The summed E-state index contributed by atoms with van der Waals surface area (Å²) in [6.07, 6.45) is 0. The largest absolute Gasteiger partial charge is 0.295 e. The zero-order valence-electron chi connectivity index (χ0n) is 11.2. The summed E-state index contributed by atoms with van der Waals surface area (Å²) in [6, 6.07) is 6.04. The molecule has 0 spiro atoms. The highest BCUT2D eigenvalue weighted by molar-refractivity contribution is 8.06. The minimum Gasteiger partial charge on any atom is -0.295 e. The number of carbonyl (C=O) groups excluding carboxylic acids is 1. The molecule has 20 heavy (non-hydrogen) atoms. The van der Waals surface area contributed by atoms with Crippen LogP contribution in [0.4, 0.5) is 0 Å². The molecule has 1 aromatic rings. The van der Waals surface area contributed by atoms with Crippen molar-refractivity contribution in [2.75, 3.05) is 23.8 Å². The van der Waals surface area contributed by atoms with Gasteiger partial charge in [0.2, 0.25) is 10.0 Å². The Morgan fingerprint density at radius 3 is 2.55 bits per heavy atom. The Kier molecular flexibility index (Phi) is 5.54. The van der Waals surface area contributed by atoms with Gasteiger partial charge in [0.05, 0.1) is 4.90 Å². The van der Waals surface area contributed by atoms with E-state index < -0.39 is 10.0 Å². The Labute approximate surface area is 128 Å². The number of rotatable bonds is 5. The standard InChI is InChI=1S/C13H17NO3S3/c1-10(15)11-2-4-13(5-3-11)20(16,17)14-8-12-9-18-6-7-19-12/h2-5,12,14H,6-9H2,1H3. The number of ketones is 1. The second kappa shape index (κ2) is 6.98. The van der Waals surface area contributed by atoms with Crippen molar-refractivity contribution in [2.24, 2.45) is 0 Å². The second-order valence-electron chi connectivity index (χ2n) is 4.50. The molecule has 0 aliphatic carbocycles. The van der Waals surface area contributed by atoms with E-state index in [1.54, 1.807) is 12.1 Å². The molecule has 1 atom stereocenters. The van der Waals surface area contributed by atoms with Crippen molar-refractivity contribution in [2.45, 2.75) is 17.1 Å². The molecule has 1 aliphatic heterocycles. The summed E-state index contributed by atoms with van der Waals surface area (Å²) in [4.78, 5) is 11.4. The normalized spacial score (nSPS) is 19.8. The summed E-state index contributed by atoms with van der Waals surface area (Å²) in [6.45, 7) is 1.91. The first-order valence-corrected chi connectivity index (χ1v) is 9.98.